The van der Waals surface area contributed by atoms with Gasteiger partial charge >= 0.3 is 0 Å². The first-order valence-electron chi connectivity index (χ1n) is 7.11. The van der Waals surface area contributed by atoms with Gasteiger partial charge < -0.3 is 24.5 Å². The highest BCUT2D eigenvalue weighted by molar-refractivity contribution is 7.16. The van der Waals surface area contributed by atoms with Gasteiger partial charge in [-0.05, 0) is 13.8 Å². The summed E-state index contributed by atoms with van der Waals surface area (Å²) in [4.78, 5) is 12.4. The summed E-state index contributed by atoms with van der Waals surface area (Å²) in [5.41, 5.74) is 7.06. The SMILES string of the molecule is CCOC(C)OC(COCP)Cn1cnc2c(N)ncnc21. The van der Waals surface area contributed by atoms with Crippen LogP contribution in [0.15, 0.2) is 12.7 Å². The number of rotatable bonds is 9. The molecule has 2 aromatic heterocycles. The maximum Gasteiger partial charge on any atom is 0.165 e. The lowest BCUT2D eigenvalue weighted by atomic mass is 10.3. The Bertz CT molecular complexity index is 594. The standard InChI is InChI=1S/C13H22N5O3P/c1-3-20-9(2)21-10(5-19-8-22)4-18-7-17-11-12(14)15-6-16-13(11)18/h6-7,9-10H,3-5,8,22H2,1-2H3,(H2,14,15,16). The van der Waals surface area contributed by atoms with Crippen molar-refractivity contribution in [2.45, 2.75) is 32.8 Å². The van der Waals surface area contributed by atoms with E-state index in [1.807, 2.05) is 18.4 Å². The maximum absolute atomic E-state index is 5.87. The third kappa shape index (κ3) is 4.33. The second-order valence-corrected chi connectivity index (χ2v) is 4.98. The van der Waals surface area contributed by atoms with E-state index in [9.17, 15) is 0 Å². The second kappa shape index (κ2) is 8.33. The largest absolute Gasteiger partial charge is 0.382 e. The van der Waals surface area contributed by atoms with Crippen LogP contribution in [0.4, 0.5) is 5.82 Å². The minimum atomic E-state index is -0.308. The number of nitrogen functional groups attached to an aromatic ring is 1. The Hall–Kier alpha value is -1.34. The number of nitrogens with zero attached hydrogens (tertiary/aromatic N) is 4. The molecule has 0 aliphatic rings. The van der Waals surface area contributed by atoms with Crippen molar-refractivity contribution in [3.8, 4) is 0 Å². The van der Waals surface area contributed by atoms with Crippen molar-refractivity contribution in [2.75, 3.05) is 25.3 Å². The van der Waals surface area contributed by atoms with Crippen LogP contribution in [0.5, 0.6) is 0 Å². The van der Waals surface area contributed by atoms with Gasteiger partial charge in [-0.15, -0.1) is 9.24 Å². The molecule has 9 heteroatoms. The van der Waals surface area contributed by atoms with Crippen LogP contribution >= 0.6 is 9.24 Å². The molecule has 8 nitrogen and oxygen atoms in total. The number of hydrogen-bond donors (Lipinski definition) is 1. The van der Waals surface area contributed by atoms with Crippen LogP contribution in [-0.4, -0.2) is 51.5 Å². The van der Waals surface area contributed by atoms with E-state index in [0.29, 0.717) is 43.1 Å². The average molecular weight is 327 g/mol. The third-order valence-electron chi connectivity index (χ3n) is 3.04. The first kappa shape index (κ1) is 17.0. The van der Waals surface area contributed by atoms with Crippen LogP contribution in [0.3, 0.4) is 0 Å². The van der Waals surface area contributed by atoms with Gasteiger partial charge in [0.2, 0.25) is 0 Å². The molecule has 0 spiro atoms. The Morgan fingerprint density at radius 1 is 1.36 bits per heavy atom. The number of hydrogen-bond acceptors (Lipinski definition) is 7. The molecule has 0 saturated carbocycles. The van der Waals surface area contributed by atoms with Gasteiger partial charge in [-0.1, -0.05) is 0 Å². The average Bonchev–Trinajstić information content (AvgIpc) is 2.89. The van der Waals surface area contributed by atoms with E-state index in [4.69, 9.17) is 19.9 Å². The van der Waals surface area contributed by atoms with Gasteiger partial charge in [-0.25, -0.2) is 15.0 Å². The molecule has 0 saturated heterocycles. The molecule has 2 rings (SSSR count). The molecule has 0 fully saturated rings. The van der Waals surface area contributed by atoms with Crippen molar-refractivity contribution in [1.29, 1.82) is 0 Å². The monoisotopic (exact) mass is 327 g/mol. The summed E-state index contributed by atoms with van der Waals surface area (Å²) in [6, 6.07) is 0. The lowest BCUT2D eigenvalue weighted by Crippen LogP contribution is -2.30. The summed E-state index contributed by atoms with van der Waals surface area (Å²) < 4.78 is 18.6. The molecule has 3 unspecified atom stereocenters. The quantitative estimate of drug-likeness (QED) is 0.542. The molecule has 0 bridgehead atoms. The predicted octanol–water partition coefficient (Wildman–Crippen LogP) is 1.03. The smallest absolute Gasteiger partial charge is 0.165 e. The Morgan fingerprint density at radius 3 is 2.91 bits per heavy atom. The van der Waals surface area contributed by atoms with Gasteiger partial charge in [0.05, 0.1) is 25.8 Å². The summed E-state index contributed by atoms with van der Waals surface area (Å²) >= 11 is 0. The highest BCUT2D eigenvalue weighted by Gasteiger charge is 2.17. The van der Waals surface area contributed by atoms with Crippen LogP contribution < -0.4 is 5.73 Å². The number of ether oxygens (including phenoxy) is 3. The zero-order chi connectivity index (χ0) is 15.9. The van der Waals surface area contributed by atoms with E-state index < -0.39 is 0 Å². The van der Waals surface area contributed by atoms with E-state index in [1.54, 1.807) is 6.33 Å². The molecule has 2 heterocycles. The Balaban J connectivity index is 2.12. The molecule has 2 N–H and O–H groups in total. The van der Waals surface area contributed by atoms with Crippen molar-refractivity contribution < 1.29 is 14.2 Å². The van der Waals surface area contributed by atoms with Gasteiger partial charge in [0.25, 0.3) is 0 Å². The highest BCUT2D eigenvalue weighted by Crippen LogP contribution is 2.15. The van der Waals surface area contributed by atoms with Crippen LogP contribution in [0.25, 0.3) is 11.2 Å². The number of imidazole rings is 1. The van der Waals surface area contributed by atoms with Gasteiger partial charge in [0, 0.05) is 6.61 Å². The summed E-state index contributed by atoms with van der Waals surface area (Å²) in [5, 5.41) is 0. The fourth-order valence-electron chi connectivity index (χ4n) is 2.13. The number of aromatic nitrogens is 4. The van der Waals surface area contributed by atoms with Crippen molar-refractivity contribution >= 4 is 26.2 Å². The van der Waals surface area contributed by atoms with Gasteiger partial charge in [-0.3, -0.25) is 0 Å². The number of fused-ring (bicyclic) bond motifs is 1. The lowest BCUT2D eigenvalue weighted by Gasteiger charge is -2.22. The van der Waals surface area contributed by atoms with Gasteiger partial charge in [-0.2, -0.15) is 0 Å². The molecule has 0 amide bonds. The summed E-state index contributed by atoms with van der Waals surface area (Å²) in [7, 11) is 2.52. The number of nitrogens with two attached hydrogens (primary N) is 1. The van der Waals surface area contributed by atoms with Crippen molar-refractivity contribution in [1.82, 2.24) is 19.5 Å². The molecule has 22 heavy (non-hydrogen) atoms. The Morgan fingerprint density at radius 2 is 2.18 bits per heavy atom. The van der Waals surface area contributed by atoms with E-state index in [1.165, 1.54) is 6.33 Å². The normalized spacial score (nSPS) is 14.3. The van der Waals surface area contributed by atoms with Crippen molar-refractivity contribution in [2.24, 2.45) is 0 Å². The molecule has 2 aromatic rings. The predicted molar refractivity (Wildman–Crippen MR) is 86.2 cm³/mol. The van der Waals surface area contributed by atoms with Crippen LogP contribution in [0, 0.1) is 0 Å². The first-order chi connectivity index (χ1) is 10.7. The molecule has 0 radical (unpaired) electrons. The molecular weight excluding hydrogens is 305 g/mol. The van der Waals surface area contributed by atoms with E-state index in [0.717, 1.165) is 0 Å². The van der Waals surface area contributed by atoms with Crippen LogP contribution in [0.1, 0.15) is 13.8 Å². The van der Waals surface area contributed by atoms with Crippen LogP contribution in [-0.2, 0) is 20.8 Å². The minimum Gasteiger partial charge on any atom is -0.382 e. The number of anilines is 1. The van der Waals surface area contributed by atoms with E-state index in [2.05, 4.69) is 24.2 Å². The fraction of sp³-hybridized carbons (Fsp3) is 0.615. The lowest BCUT2D eigenvalue weighted by molar-refractivity contribution is -0.171. The molecule has 0 aromatic carbocycles. The summed E-state index contributed by atoms with van der Waals surface area (Å²) in [6.07, 6.45) is 3.15. The molecular formula is C13H22N5O3P. The molecule has 0 aliphatic heterocycles. The zero-order valence-corrected chi connectivity index (χ0v) is 14.0. The topological polar surface area (TPSA) is 97.3 Å². The molecule has 0 aliphatic carbocycles. The Labute approximate surface area is 131 Å². The molecule has 3 atom stereocenters. The third-order valence-corrected chi connectivity index (χ3v) is 3.27. The first-order valence-corrected chi connectivity index (χ1v) is 7.93. The minimum absolute atomic E-state index is 0.185. The van der Waals surface area contributed by atoms with E-state index in [-0.39, 0.29) is 12.4 Å². The fourth-order valence-corrected chi connectivity index (χ4v) is 2.27. The van der Waals surface area contributed by atoms with Crippen molar-refractivity contribution in [3.05, 3.63) is 12.7 Å². The van der Waals surface area contributed by atoms with E-state index >= 15 is 0 Å². The van der Waals surface area contributed by atoms with Gasteiger partial charge in [0.15, 0.2) is 17.8 Å². The summed E-state index contributed by atoms with van der Waals surface area (Å²) in [5.74, 6) is 0.366. The zero-order valence-electron chi connectivity index (χ0n) is 12.8. The summed E-state index contributed by atoms with van der Waals surface area (Å²) in [6.45, 7) is 5.37. The van der Waals surface area contributed by atoms with Crippen LogP contribution in [0.2, 0.25) is 0 Å². The molecule has 122 valence electrons. The Kier molecular flexibility index (Phi) is 6.45. The highest BCUT2D eigenvalue weighted by atomic mass is 31.0. The van der Waals surface area contributed by atoms with Crippen molar-refractivity contribution in [3.63, 3.8) is 0 Å². The maximum atomic E-state index is 5.87. The second-order valence-electron chi connectivity index (χ2n) is 4.65. The van der Waals surface area contributed by atoms with Gasteiger partial charge in [0.1, 0.15) is 17.9 Å².